The molecule has 0 spiro atoms. The van der Waals surface area contributed by atoms with Gasteiger partial charge in [0, 0.05) is 11.1 Å². The lowest BCUT2D eigenvalue weighted by Crippen LogP contribution is -1.77. The summed E-state index contributed by atoms with van der Waals surface area (Å²) >= 11 is 1.64. The summed E-state index contributed by atoms with van der Waals surface area (Å²) in [5.41, 5.74) is 3.16. The molecule has 0 aliphatic heterocycles. The molecule has 0 radical (unpaired) electrons. The predicted octanol–water partition coefficient (Wildman–Crippen LogP) is 4.90. The highest BCUT2D eigenvalue weighted by molar-refractivity contribution is 7.18. The van der Waals surface area contributed by atoms with Crippen molar-refractivity contribution < 1.29 is 0 Å². The van der Waals surface area contributed by atoms with E-state index in [-0.39, 0.29) is 0 Å². The fraction of sp³-hybridized carbons (Fsp3) is 0. The molecule has 0 N–H and O–H groups in total. The summed E-state index contributed by atoms with van der Waals surface area (Å²) in [5, 5.41) is 8.82. The molecule has 0 saturated carbocycles. The first-order valence-electron chi connectivity index (χ1n) is 6.24. The molecule has 0 atom stereocenters. The number of nitrogens with zero attached hydrogens (tertiary/aromatic N) is 3. The van der Waals surface area contributed by atoms with Gasteiger partial charge in [-0.05, 0) is 35.9 Å². The molecular weight excluding hydrogens is 278 g/mol. The summed E-state index contributed by atoms with van der Waals surface area (Å²) in [5.74, 6) is 0. The molecule has 3 aromatic rings. The Kier molecular flexibility index (Phi) is 3.47. The number of pyridine rings is 1. The van der Waals surface area contributed by atoms with Crippen LogP contribution in [0.3, 0.4) is 0 Å². The van der Waals surface area contributed by atoms with Crippen LogP contribution in [0.2, 0.25) is 0 Å². The Bertz CT molecular complexity index is 775. The summed E-state index contributed by atoms with van der Waals surface area (Å²) in [6, 6.07) is 17.4. The molecular formula is C17H9N3S. The van der Waals surface area contributed by atoms with Gasteiger partial charge in [0.1, 0.15) is 0 Å². The smallest absolute Gasteiger partial charge is 0.205 e. The number of hydrogen-bond donors (Lipinski definition) is 0. The predicted molar refractivity (Wildman–Crippen MR) is 84.0 cm³/mol. The average molecular weight is 287 g/mol. The summed E-state index contributed by atoms with van der Waals surface area (Å²) in [7, 11) is 0. The summed E-state index contributed by atoms with van der Waals surface area (Å²) < 4.78 is 0. The van der Waals surface area contributed by atoms with Crippen molar-refractivity contribution >= 4 is 17.0 Å². The van der Waals surface area contributed by atoms with E-state index in [0.29, 0.717) is 11.3 Å². The zero-order valence-corrected chi connectivity index (χ0v) is 11.8. The molecule has 0 bridgehead atoms. The maximum Gasteiger partial charge on any atom is 0.205 e. The van der Waals surface area contributed by atoms with E-state index in [1.165, 1.54) is 0 Å². The second-order valence-corrected chi connectivity index (χ2v) is 5.45. The van der Waals surface area contributed by atoms with Crippen LogP contribution in [0.1, 0.15) is 5.56 Å². The van der Waals surface area contributed by atoms with Crippen molar-refractivity contribution in [1.82, 2.24) is 4.98 Å². The van der Waals surface area contributed by atoms with Crippen LogP contribution < -0.4 is 0 Å². The lowest BCUT2D eigenvalue weighted by Gasteiger charge is -1.98. The van der Waals surface area contributed by atoms with Crippen LogP contribution in [0, 0.1) is 17.9 Å². The van der Waals surface area contributed by atoms with Crippen molar-refractivity contribution in [3.05, 3.63) is 71.7 Å². The van der Waals surface area contributed by atoms with Crippen LogP contribution in [0.4, 0.5) is 5.69 Å². The van der Waals surface area contributed by atoms with Crippen LogP contribution in [-0.2, 0) is 0 Å². The van der Waals surface area contributed by atoms with E-state index < -0.39 is 0 Å². The standard InChI is InChI=1S/C17H9N3S/c1-19-14-6-7-15(20-11-14)17-9-8-16(21-17)13-4-2-12(10-18)3-5-13/h2-9,11H. The van der Waals surface area contributed by atoms with E-state index in [9.17, 15) is 0 Å². The van der Waals surface area contributed by atoms with Gasteiger partial charge < -0.3 is 0 Å². The molecule has 2 aromatic heterocycles. The van der Waals surface area contributed by atoms with Gasteiger partial charge in [0.15, 0.2) is 0 Å². The molecule has 3 nitrogen and oxygen atoms in total. The van der Waals surface area contributed by atoms with Crippen molar-refractivity contribution in [2.24, 2.45) is 0 Å². The molecule has 2 heterocycles. The van der Waals surface area contributed by atoms with Crippen molar-refractivity contribution in [3.63, 3.8) is 0 Å². The second-order valence-electron chi connectivity index (χ2n) is 4.37. The topological polar surface area (TPSA) is 41.0 Å². The minimum Gasteiger partial charge on any atom is -0.267 e. The average Bonchev–Trinajstić information content (AvgIpc) is 3.05. The number of nitriles is 1. The lowest BCUT2D eigenvalue weighted by atomic mass is 10.1. The maximum absolute atomic E-state index is 8.82. The summed E-state index contributed by atoms with van der Waals surface area (Å²) in [4.78, 5) is 9.84. The molecule has 98 valence electrons. The van der Waals surface area contributed by atoms with Gasteiger partial charge in [0.2, 0.25) is 5.69 Å². The lowest BCUT2D eigenvalue weighted by molar-refractivity contribution is 1.35. The highest BCUT2D eigenvalue weighted by atomic mass is 32.1. The highest BCUT2D eigenvalue weighted by Crippen LogP contribution is 2.34. The van der Waals surface area contributed by atoms with Crippen LogP contribution in [0.5, 0.6) is 0 Å². The monoisotopic (exact) mass is 287 g/mol. The molecule has 0 saturated heterocycles. The molecule has 3 rings (SSSR count). The Morgan fingerprint density at radius 3 is 2.38 bits per heavy atom. The highest BCUT2D eigenvalue weighted by Gasteiger charge is 2.06. The number of hydrogen-bond acceptors (Lipinski definition) is 3. The molecule has 21 heavy (non-hydrogen) atoms. The zero-order valence-electron chi connectivity index (χ0n) is 10.9. The normalized spacial score (nSPS) is 9.81. The Morgan fingerprint density at radius 1 is 1.00 bits per heavy atom. The van der Waals surface area contributed by atoms with Gasteiger partial charge in [0.05, 0.1) is 28.8 Å². The van der Waals surface area contributed by atoms with E-state index in [0.717, 1.165) is 21.0 Å². The fourth-order valence-corrected chi connectivity index (χ4v) is 2.93. The summed E-state index contributed by atoms with van der Waals surface area (Å²) in [6.45, 7) is 6.93. The van der Waals surface area contributed by atoms with Gasteiger partial charge in [-0.2, -0.15) is 5.26 Å². The fourth-order valence-electron chi connectivity index (χ4n) is 1.94. The Labute approximate surface area is 126 Å². The first kappa shape index (κ1) is 13.1. The SMILES string of the molecule is [C-]#[N+]c1ccc(-c2ccc(-c3ccc(C#N)cc3)s2)nc1. The zero-order chi connectivity index (χ0) is 14.7. The quantitative estimate of drug-likeness (QED) is 0.629. The van der Waals surface area contributed by atoms with Crippen LogP contribution in [0.25, 0.3) is 25.9 Å². The van der Waals surface area contributed by atoms with Gasteiger partial charge in [-0.1, -0.05) is 18.2 Å². The van der Waals surface area contributed by atoms with Gasteiger partial charge in [-0.25, -0.2) is 4.85 Å². The van der Waals surface area contributed by atoms with E-state index in [1.54, 1.807) is 23.6 Å². The van der Waals surface area contributed by atoms with E-state index in [1.807, 2.05) is 42.5 Å². The number of aromatic nitrogens is 1. The molecule has 1 aromatic carbocycles. The third-order valence-corrected chi connectivity index (χ3v) is 4.19. The van der Waals surface area contributed by atoms with Crippen molar-refractivity contribution in [2.75, 3.05) is 0 Å². The second kappa shape index (κ2) is 5.58. The van der Waals surface area contributed by atoms with Gasteiger partial charge in [0.25, 0.3) is 0 Å². The summed E-state index contributed by atoms with van der Waals surface area (Å²) in [6.07, 6.45) is 1.59. The third kappa shape index (κ3) is 2.67. The van der Waals surface area contributed by atoms with Crippen molar-refractivity contribution in [1.29, 1.82) is 5.26 Å². The first-order chi connectivity index (χ1) is 10.3. The van der Waals surface area contributed by atoms with E-state index >= 15 is 0 Å². The molecule has 0 aliphatic rings. The Morgan fingerprint density at radius 2 is 1.76 bits per heavy atom. The van der Waals surface area contributed by atoms with Crippen LogP contribution in [0.15, 0.2) is 54.7 Å². The number of thiophene rings is 1. The molecule has 0 fully saturated rings. The molecule has 0 amide bonds. The molecule has 0 unspecified atom stereocenters. The maximum atomic E-state index is 8.82. The third-order valence-electron chi connectivity index (χ3n) is 3.03. The Balaban J connectivity index is 1.92. The molecule has 0 aliphatic carbocycles. The van der Waals surface area contributed by atoms with Crippen LogP contribution in [-0.4, -0.2) is 4.98 Å². The minimum absolute atomic E-state index is 0.544. The Hall–Kier alpha value is -2.95. The van der Waals surface area contributed by atoms with Crippen molar-refractivity contribution in [3.8, 4) is 27.1 Å². The minimum atomic E-state index is 0.544. The van der Waals surface area contributed by atoms with E-state index in [4.69, 9.17) is 11.8 Å². The van der Waals surface area contributed by atoms with Crippen molar-refractivity contribution in [2.45, 2.75) is 0 Å². The first-order valence-corrected chi connectivity index (χ1v) is 7.06. The van der Waals surface area contributed by atoms with Gasteiger partial charge in [-0.3, -0.25) is 4.98 Å². The number of rotatable bonds is 2. The molecule has 4 heteroatoms. The van der Waals surface area contributed by atoms with Gasteiger partial charge >= 0.3 is 0 Å². The van der Waals surface area contributed by atoms with Crippen LogP contribution >= 0.6 is 11.3 Å². The largest absolute Gasteiger partial charge is 0.267 e. The van der Waals surface area contributed by atoms with E-state index in [2.05, 4.69) is 15.9 Å². The number of benzene rings is 1. The van der Waals surface area contributed by atoms with Gasteiger partial charge in [-0.15, -0.1) is 11.3 Å².